The fourth-order valence-corrected chi connectivity index (χ4v) is 5.57. The number of aryl methyl sites for hydroxylation is 1. The Morgan fingerprint density at radius 2 is 1.92 bits per heavy atom. The van der Waals surface area contributed by atoms with Gasteiger partial charge in [0.1, 0.15) is 11.6 Å². The topological polar surface area (TPSA) is 71.4 Å². The molecule has 200 valence electrons. The SMILES string of the molecule is CCC(=O)Nc1ccc(N2C(=S)N[C@H](c3ccccn3)[C@H]2c2cc(C)n(-c3cccc(F)c3)c2C)cc1OC. The number of benzene rings is 2. The van der Waals surface area contributed by atoms with Crippen LogP contribution in [-0.2, 0) is 4.79 Å². The van der Waals surface area contributed by atoms with E-state index >= 15 is 0 Å². The van der Waals surface area contributed by atoms with Crippen LogP contribution in [0.1, 0.15) is 48.1 Å². The Labute approximate surface area is 232 Å². The number of methoxy groups -OCH3 is 1. The summed E-state index contributed by atoms with van der Waals surface area (Å²) in [6.07, 6.45) is 2.13. The van der Waals surface area contributed by atoms with Gasteiger partial charge in [0.2, 0.25) is 5.91 Å². The Hall–Kier alpha value is -4.24. The van der Waals surface area contributed by atoms with Crippen LogP contribution in [0.15, 0.2) is 72.9 Å². The number of nitrogens with zero attached hydrogens (tertiary/aromatic N) is 3. The molecule has 1 saturated heterocycles. The first-order valence-electron chi connectivity index (χ1n) is 12.8. The molecule has 2 N–H and O–H groups in total. The molecule has 2 aromatic heterocycles. The van der Waals surface area contributed by atoms with Gasteiger partial charge in [0.05, 0.1) is 30.6 Å². The van der Waals surface area contributed by atoms with Gasteiger partial charge in [0.25, 0.3) is 0 Å². The standard InChI is InChI=1S/C30H30FN5O2S/c1-5-27(37)33-24-13-12-22(17-26(24)38-4)36-29(28(34-30(36)39)25-11-6-7-14-32-25)23-15-18(2)35(19(23)3)21-10-8-9-20(31)16-21/h6-17,28-29H,5H2,1-4H3,(H,33,37)(H,34,39)/t28-,29-/m1/s1. The minimum absolute atomic E-state index is 0.0997. The number of halogens is 1. The van der Waals surface area contributed by atoms with Crippen LogP contribution in [-0.4, -0.2) is 27.7 Å². The first-order chi connectivity index (χ1) is 18.8. The number of carbonyl (C=O) groups is 1. The lowest BCUT2D eigenvalue weighted by Gasteiger charge is -2.29. The maximum absolute atomic E-state index is 14.2. The van der Waals surface area contributed by atoms with E-state index in [-0.39, 0.29) is 23.8 Å². The zero-order valence-electron chi connectivity index (χ0n) is 22.2. The van der Waals surface area contributed by atoms with Crippen molar-refractivity contribution in [3.05, 3.63) is 101 Å². The summed E-state index contributed by atoms with van der Waals surface area (Å²) in [6, 6.07) is 19.6. The van der Waals surface area contributed by atoms with Crippen LogP contribution in [0.3, 0.4) is 0 Å². The smallest absolute Gasteiger partial charge is 0.224 e. The van der Waals surface area contributed by atoms with Crippen molar-refractivity contribution in [2.45, 2.75) is 39.3 Å². The lowest BCUT2D eigenvalue weighted by Crippen LogP contribution is -2.29. The second-order valence-corrected chi connectivity index (χ2v) is 9.81. The number of amides is 1. The van der Waals surface area contributed by atoms with Crippen molar-refractivity contribution < 1.29 is 13.9 Å². The summed E-state index contributed by atoms with van der Waals surface area (Å²) < 4.78 is 21.8. The second kappa shape index (κ2) is 10.9. The minimum atomic E-state index is -0.291. The molecule has 4 aromatic rings. The van der Waals surface area contributed by atoms with E-state index in [9.17, 15) is 9.18 Å². The van der Waals surface area contributed by atoms with Crippen LogP contribution in [0.5, 0.6) is 5.75 Å². The molecular weight excluding hydrogens is 513 g/mol. The average Bonchev–Trinajstić information content (AvgIpc) is 3.43. The highest BCUT2D eigenvalue weighted by atomic mass is 32.1. The molecule has 0 radical (unpaired) electrons. The minimum Gasteiger partial charge on any atom is -0.494 e. The molecule has 9 heteroatoms. The molecular formula is C30H30FN5O2S. The summed E-state index contributed by atoms with van der Waals surface area (Å²) in [5.74, 6) is 0.139. The van der Waals surface area contributed by atoms with E-state index in [1.807, 2.05) is 56.3 Å². The molecule has 0 unspecified atom stereocenters. The summed E-state index contributed by atoms with van der Waals surface area (Å²) >= 11 is 5.89. The third kappa shape index (κ3) is 4.97. The van der Waals surface area contributed by atoms with Crippen LogP contribution < -0.4 is 20.3 Å². The van der Waals surface area contributed by atoms with E-state index in [1.54, 1.807) is 26.3 Å². The highest BCUT2D eigenvalue weighted by molar-refractivity contribution is 7.80. The van der Waals surface area contributed by atoms with Gasteiger partial charge in [-0.1, -0.05) is 19.1 Å². The number of anilines is 2. The molecule has 1 fully saturated rings. The van der Waals surface area contributed by atoms with Crippen molar-refractivity contribution in [3.63, 3.8) is 0 Å². The zero-order valence-corrected chi connectivity index (χ0v) is 23.1. The monoisotopic (exact) mass is 543 g/mol. The van der Waals surface area contributed by atoms with Gasteiger partial charge < -0.3 is 24.8 Å². The number of thiocarbonyl (C=S) groups is 1. The van der Waals surface area contributed by atoms with Crippen LogP contribution in [0.4, 0.5) is 15.8 Å². The normalized spacial score (nSPS) is 16.7. The van der Waals surface area contributed by atoms with E-state index in [0.29, 0.717) is 23.0 Å². The van der Waals surface area contributed by atoms with Crippen molar-refractivity contribution in [1.82, 2.24) is 14.9 Å². The van der Waals surface area contributed by atoms with Crippen LogP contribution in [0.25, 0.3) is 5.69 Å². The van der Waals surface area contributed by atoms with Gasteiger partial charge in [-0.2, -0.15) is 0 Å². The van der Waals surface area contributed by atoms with Crippen molar-refractivity contribution in [1.29, 1.82) is 0 Å². The average molecular weight is 544 g/mol. The fraction of sp³-hybridized carbons (Fsp3) is 0.233. The largest absolute Gasteiger partial charge is 0.494 e. The first-order valence-corrected chi connectivity index (χ1v) is 13.2. The number of ether oxygens (including phenoxy) is 1. The number of hydrogen-bond donors (Lipinski definition) is 2. The molecule has 39 heavy (non-hydrogen) atoms. The Morgan fingerprint density at radius 1 is 1.10 bits per heavy atom. The zero-order chi connectivity index (χ0) is 27.7. The van der Waals surface area contributed by atoms with E-state index in [1.165, 1.54) is 12.1 Å². The highest BCUT2D eigenvalue weighted by Gasteiger charge is 2.42. The van der Waals surface area contributed by atoms with E-state index in [0.717, 1.165) is 34.0 Å². The molecule has 1 aliphatic rings. The Kier molecular flexibility index (Phi) is 7.34. The maximum Gasteiger partial charge on any atom is 0.224 e. The summed E-state index contributed by atoms with van der Waals surface area (Å²) in [7, 11) is 1.57. The van der Waals surface area contributed by atoms with Crippen molar-refractivity contribution in [2.75, 3.05) is 17.3 Å². The summed E-state index contributed by atoms with van der Waals surface area (Å²) in [4.78, 5) is 18.7. The van der Waals surface area contributed by atoms with Gasteiger partial charge in [-0.25, -0.2) is 4.39 Å². The van der Waals surface area contributed by atoms with Gasteiger partial charge in [-0.05, 0) is 80.2 Å². The van der Waals surface area contributed by atoms with E-state index in [2.05, 4.69) is 31.2 Å². The molecule has 0 bridgehead atoms. The van der Waals surface area contributed by atoms with Crippen molar-refractivity contribution in [3.8, 4) is 11.4 Å². The number of hydrogen-bond acceptors (Lipinski definition) is 4. The summed E-state index contributed by atoms with van der Waals surface area (Å²) in [5, 5.41) is 6.91. The van der Waals surface area contributed by atoms with Gasteiger partial charge >= 0.3 is 0 Å². The number of nitrogens with one attached hydrogen (secondary N) is 2. The molecule has 7 nitrogen and oxygen atoms in total. The molecule has 3 heterocycles. The predicted molar refractivity (Wildman–Crippen MR) is 155 cm³/mol. The molecule has 5 rings (SSSR count). The van der Waals surface area contributed by atoms with E-state index < -0.39 is 0 Å². The summed E-state index contributed by atoms with van der Waals surface area (Å²) in [6.45, 7) is 5.84. The first kappa shape index (κ1) is 26.4. The van der Waals surface area contributed by atoms with Crippen LogP contribution in [0.2, 0.25) is 0 Å². The molecule has 1 aliphatic heterocycles. The lowest BCUT2D eigenvalue weighted by molar-refractivity contribution is -0.115. The molecule has 1 amide bonds. The van der Waals surface area contributed by atoms with Gasteiger partial charge in [-0.3, -0.25) is 9.78 Å². The number of carbonyl (C=O) groups excluding carboxylic acids is 1. The predicted octanol–water partition coefficient (Wildman–Crippen LogP) is 6.16. The molecule has 0 saturated carbocycles. The van der Waals surface area contributed by atoms with Gasteiger partial charge in [0.15, 0.2) is 5.11 Å². The number of pyridine rings is 1. The Morgan fingerprint density at radius 3 is 2.62 bits per heavy atom. The fourth-order valence-electron chi connectivity index (χ4n) is 5.22. The third-order valence-electron chi connectivity index (χ3n) is 7.01. The van der Waals surface area contributed by atoms with E-state index in [4.69, 9.17) is 17.0 Å². The van der Waals surface area contributed by atoms with Gasteiger partial charge in [-0.15, -0.1) is 0 Å². The second-order valence-electron chi connectivity index (χ2n) is 9.42. The van der Waals surface area contributed by atoms with Crippen LogP contribution in [0, 0.1) is 19.7 Å². The quantitative estimate of drug-likeness (QED) is 0.272. The van der Waals surface area contributed by atoms with Crippen LogP contribution >= 0.6 is 12.2 Å². The highest BCUT2D eigenvalue weighted by Crippen LogP contribution is 2.45. The lowest BCUT2D eigenvalue weighted by atomic mass is 9.96. The maximum atomic E-state index is 14.2. The number of rotatable bonds is 7. The molecule has 0 spiro atoms. The molecule has 2 aromatic carbocycles. The number of aromatic nitrogens is 2. The van der Waals surface area contributed by atoms with Crippen molar-refractivity contribution in [2.24, 2.45) is 0 Å². The molecule has 2 atom stereocenters. The van der Waals surface area contributed by atoms with Crippen molar-refractivity contribution >= 4 is 34.6 Å². The summed E-state index contributed by atoms with van der Waals surface area (Å²) in [5.41, 5.74) is 5.97. The Balaban J connectivity index is 1.65. The Bertz CT molecular complexity index is 1540. The third-order valence-corrected chi connectivity index (χ3v) is 7.33. The molecule has 0 aliphatic carbocycles. The van der Waals surface area contributed by atoms with Gasteiger partial charge in [0, 0.05) is 41.4 Å².